The van der Waals surface area contributed by atoms with Crippen LogP contribution in [0.5, 0.6) is 0 Å². The summed E-state index contributed by atoms with van der Waals surface area (Å²) in [6.07, 6.45) is 2.43. The van der Waals surface area contributed by atoms with Gasteiger partial charge in [0.1, 0.15) is 0 Å². The van der Waals surface area contributed by atoms with Gasteiger partial charge in [-0.1, -0.05) is 37.8 Å². The summed E-state index contributed by atoms with van der Waals surface area (Å²) in [6, 6.07) is 7.31. The van der Waals surface area contributed by atoms with Crippen LogP contribution in [0.25, 0.3) is 0 Å². The Hall–Kier alpha value is -1.90. The highest BCUT2D eigenvalue weighted by Crippen LogP contribution is 2.24. The van der Waals surface area contributed by atoms with E-state index in [9.17, 15) is 4.79 Å². The number of hydrogen-bond donors (Lipinski definition) is 0. The van der Waals surface area contributed by atoms with Crippen LogP contribution in [0.3, 0.4) is 0 Å². The summed E-state index contributed by atoms with van der Waals surface area (Å²) in [6.45, 7) is 5.61. The Morgan fingerprint density at radius 1 is 1.44 bits per heavy atom. The molecule has 82 valence electrons. The minimum absolute atomic E-state index is 0.301. The van der Waals surface area contributed by atoms with Crippen molar-refractivity contribution in [2.45, 2.75) is 19.4 Å². The molecule has 1 aliphatic heterocycles. The van der Waals surface area contributed by atoms with Gasteiger partial charge < -0.3 is 4.74 Å². The van der Waals surface area contributed by atoms with Gasteiger partial charge in [-0.3, -0.25) is 0 Å². The van der Waals surface area contributed by atoms with Crippen molar-refractivity contribution in [3.8, 4) is 0 Å². The second-order valence-corrected chi connectivity index (χ2v) is 3.59. The third kappa shape index (κ3) is 1.89. The smallest absolute Gasteiger partial charge is 0.342 e. The second-order valence-electron chi connectivity index (χ2n) is 3.59. The number of carbonyl (C=O) groups excluding carboxylic acids is 1. The zero-order valence-electron chi connectivity index (χ0n) is 9.14. The van der Waals surface area contributed by atoms with Crippen molar-refractivity contribution in [1.82, 2.24) is 0 Å². The second kappa shape index (κ2) is 4.31. The van der Waals surface area contributed by atoms with Crippen molar-refractivity contribution in [1.29, 1.82) is 0 Å². The highest BCUT2D eigenvalue weighted by Gasteiger charge is 2.28. The lowest BCUT2D eigenvalue weighted by Gasteiger charge is -2.04. The van der Waals surface area contributed by atoms with E-state index in [-0.39, 0.29) is 5.97 Å². The molecule has 1 aliphatic rings. The van der Waals surface area contributed by atoms with Crippen molar-refractivity contribution in [2.24, 2.45) is 4.99 Å². The lowest BCUT2D eigenvalue weighted by atomic mass is 10.0. The van der Waals surface area contributed by atoms with Crippen LogP contribution in [0, 0.1) is 0 Å². The van der Waals surface area contributed by atoms with Gasteiger partial charge in [0.05, 0.1) is 0 Å². The van der Waals surface area contributed by atoms with Gasteiger partial charge in [0, 0.05) is 0 Å². The molecule has 0 aliphatic carbocycles. The number of hydrogen-bond acceptors (Lipinski definition) is 3. The zero-order valence-corrected chi connectivity index (χ0v) is 9.14. The third-order valence-electron chi connectivity index (χ3n) is 2.56. The number of ether oxygens (including phenoxy) is 1. The first-order chi connectivity index (χ1) is 7.74. The van der Waals surface area contributed by atoms with E-state index in [1.54, 1.807) is 0 Å². The van der Waals surface area contributed by atoms with E-state index in [1.807, 2.05) is 24.3 Å². The van der Waals surface area contributed by atoms with Crippen LogP contribution in [-0.4, -0.2) is 11.9 Å². The first kappa shape index (κ1) is 10.6. The molecule has 0 fully saturated rings. The van der Waals surface area contributed by atoms with Crippen LogP contribution in [-0.2, 0) is 16.0 Å². The molecule has 0 spiro atoms. The summed E-state index contributed by atoms with van der Waals surface area (Å²) in [7, 11) is 0. The number of aryl methyl sites for hydroxylation is 1. The Morgan fingerprint density at radius 2 is 2.12 bits per heavy atom. The van der Waals surface area contributed by atoms with Crippen molar-refractivity contribution >= 4 is 11.9 Å². The van der Waals surface area contributed by atoms with Crippen LogP contribution in [0.15, 0.2) is 41.9 Å². The van der Waals surface area contributed by atoms with E-state index in [1.165, 1.54) is 11.6 Å². The Kier molecular flexibility index (Phi) is 2.86. The number of carbonyl (C=O) groups is 1. The van der Waals surface area contributed by atoms with Crippen molar-refractivity contribution in [3.05, 3.63) is 48.0 Å². The molecule has 0 bridgehead atoms. The van der Waals surface area contributed by atoms with Gasteiger partial charge in [0.25, 0.3) is 0 Å². The quantitative estimate of drug-likeness (QED) is 0.726. The van der Waals surface area contributed by atoms with Gasteiger partial charge >= 0.3 is 5.97 Å². The summed E-state index contributed by atoms with van der Waals surface area (Å²) in [4.78, 5) is 15.7. The molecule has 0 aromatic heterocycles. The van der Waals surface area contributed by atoms with Crippen molar-refractivity contribution in [2.75, 3.05) is 0 Å². The molecule has 2 rings (SSSR count). The number of nitrogens with zero attached hydrogens (tertiary/aromatic N) is 1. The number of cyclic esters (lactones) is 1. The maximum absolute atomic E-state index is 11.5. The Bertz CT molecular complexity index is 446. The van der Waals surface area contributed by atoms with Gasteiger partial charge in [0.2, 0.25) is 5.90 Å². The molecule has 0 amide bonds. The zero-order chi connectivity index (χ0) is 11.5. The number of aliphatic imine (C=N–C) groups is 1. The molecule has 0 saturated carbocycles. The van der Waals surface area contributed by atoms with Gasteiger partial charge in [-0.05, 0) is 23.6 Å². The summed E-state index contributed by atoms with van der Waals surface area (Å²) >= 11 is 0. The third-order valence-corrected chi connectivity index (χ3v) is 2.56. The maximum Gasteiger partial charge on any atom is 0.342 e. The predicted octanol–water partition coefficient (Wildman–Crippen LogP) is 2.43. The van der Waals surface area contributed by atoms with E-state index < -0.39 is 6.04 Å². The highest BCUT2D eigenvalue weighted by atomic mass is 16.6. The molecule has 1 aromatic rings. The molecular weight excluding hydrogens is 202 g/mol. The van der Waals surface area contributed by atoms with Crippen LogP contribution < -0.4 is 0 Å². The fourth-order valence-electron chi connectivity index (χ4n) is 1.61. The average Bonchev–Trinajstić information content (AvgIpc) is 2.71. The topological polar surface area (TPSA) is 38.7 Å². The van der Waals surface area contributed by atoms with E-state index in [2.05, 4.69) is 18.5 Å². The molecule has 1 heterocycles. The molecule has 1 unspecified atom stereocenters. The molecule has 16 heavy (non-hydrogen) atoms. The van der Waals surface area contributed by atoms with Crippen LogP contribution in [0.4, 0.5) is 0 Å². The van der Waals surface area contributed by atoms with Crippen molar-refractivity contribution < 1.29 is 9.53 Å². The largest absolute Gasteiger partial charge is 0.406 e. The summed E-state index contributed by atoms with van der Waals surface area (Å²) < 4.78 is 4.93. The van der Waals surface area contributed by atoms with Crippen LogP contribution in [0.2, 0.25) is 0 Å². The summed E-state index contributed by atoms with van der Waals surface area (Å²) in [5.41, 5.74) is 2.10. The van der Waals surface area contributed by atoms with E-state index in [4.69, 9.17) is 4.74 Å². The molecule has 3 nitrogen and oxygen atoms in total. The monoisotopic (exact) mass is 215 g/mol. The molecule has 0 N–H and O–H groups in total. The minimum Gasteiger partial charge on any atom is -0.406 e. The SMILES string of the molecule is C=CC1=NC(c2ccc(CC)cc2)C(=O)O1. The van der Waals surface area contributed by atoms with Crippen LogP contribution >= 0.6 is 0 Å². The summed E-state index contributed by atoms with van der Waals surface area (Å²) in [5, 5.41) is 0. The molecule has 1 atom stereocenters. The Labute approximate surface area is 94.5 Å². The minimum atomic E-state index is -0.529. The van der Waals surface area contributed by atoms with Crippen LogP contribution in [0.1, 0.15) is 24.1 Å². The number of benzene rings is 1. The molecule has 1 aromatic carbocycles. The van der Waals surface area contributed by atoms with Crippen molar-refractivity contribution in [3.63, 3.8) is 0 Å². The normalized spacial score (nSPS) is 19.2. The molecule has 0 radical (unpaired) electrons. The molecule has 0 saturated heterocycles. The Balaban J connectivity index is 2.27. The average molecular weight is 215 g/mol. The fraction of sp³-hybridized carbons (Fsp3) is 0.231. The van der Waals surface area contributed by atoms with E-state index in [0.29, 0.717) is 5.90 Å². The first-order valence-electron chi connectivity index (χ1n) is 5.25. The van der Waals surface area contributed by atoms with E-state index in [0.717, 1.165) is 12.0 Å². The maximum atomic E-state index is 11.5. The summed E-state index contributed by atoms with van der Waals surface area (Å²) in [5.74, 6) is -0.0336. The van der Waals surface area contributed by atoms with Gasteiger partial charge in [-0.25, -0.2) is 9.79 Å². The highest BCUT2D eigenvalue weighted by molar-refractivity contribution is 6.02. The van der Waals surface area contributed by atoms with Gasteiger partial charge in [-0.15, -0.1) is 0 Å². The fourth-order valence-corrected chi connectivity index (χ4v) is 1.61. The van der Waals surface area contributed by atoms with E-state index >= 15 is 0 Å². The number of esters is 1. The number of rotatable bonds is 3. The standard InChI is InChI=1S/C13H13NO2/c1-3-9-5-7-10(8-6-9)12-13(15)16-11(4-2)14-12/h4-8,12H,2-3H2,1H3. The lowest BCUT2D eigenvalue weighted by molar-refractivity contribution is -0.135. The van der Waals surface area contributed by atoms with Gasteiger partial charge in [-0.2, -0.15) is 0 Å². The van der Waals surface area contributed by atoms with Gasteiger partial charge in [0.15, 0.2) is 6.04 Å². The first-order valence-corrected chi connectivity index (χ1v) is 5.25. The Morgan fingerprint density at radius 3 is 2.62 bits per heavy atom. The predicted molar refractivity (Wildman–Crippen MR) is 62.3 cm³/mol. The lowest BCUT2D eigenvalue weighted by Crippen LogP contribution is -2.07. The molecular formula is C13H13NO2. The molecule has 3 heteroatoms.